The maximum Gasteiger partial charge on any atom is 0.142 e. The number of hydrogen-bond acceptors (Lipinski definition) is 5. The molecule has 0 bridgehead atoms. The fraction of sp³-hybridized carbons (Fsp3) is 0.360. The summed E-state index contributed by atoms with van der Waals surface area (Å²) < 4.78 is 5.84. The van der Waals surface area contributed by atoms with Crippen molar-refractivity contribution in [3.05, 3.63) is 65.5 Å². The fourth-order valence-corrected chi connectivity index (χ4v) is 4.63. The molecule has 0 saturated carbocycles. The van der Waals surface area contributed by atoms with E-state index in [0.717, 1.165) is 66.9 Å². The van der Waals surface area contributed by atoms with Crippen LogP contribution in [0.1, 0.15) is 42.8 Å². The minimum absolute atomic E-state index is 0.296. The van der Waals surface area contributed by atoms with E-state index in [4.69, 9.17) is 9.72 Å². The van der Waals surface area contributed by atoms with E-state index in [-0.39, 0.29) is 0 Å². The highest BCUT2D eigenvalue weighted by atomic mass is 16.5. The molecule has 5 rings (SSSR count). The van der Waals surface area contributed by atoms with Crippen LogP contribution in [0, 0.1) is 6.92 Å². The van der Waals surface area contributed by atoms with Crippen LogP contribution < -0.4 is 15.0 Å². The molecule has 1 atom stereocenters. The third-order valence-electron chi connectivity index (χ3n) is 6.13. The summed E-state index contributed by atoms with van der Waals surface area (Å²) in [7, 11) is 0. The second-order valence-electron chi connectivity index (χ2n) is 8.08. The number of rotatable bonds is 4. The Morgan fingerprint density at radius 3 is 2.93 bits per heavy atom. The van der Waals surface area contributed by atoms with Crippen molar-refractivity contribution in [3.8, 4) is 17.0 Å². The second-order valence-corrected chi connectivity index (χ2v) is 8.08. The van der Waals surface area contributed by atoms with Crippen LogP contribution in [0.2, 0.25) is 0 Å². The van der Waals surface area contributed by atoms with Gasteiger partial charge in [0.1, 0.15) is 24.0 Å². The molecule has 2 heterocycles. The number of nitrogens with one attached hydrogen (secondary N) is 1. The molecule has 1 aliphatic heterocycles. The van der Waals surface area contributed by atoms with E-state index in [1.54, 1.807) is 0 Å². The summed E-state index contributed by atoms with van der Waals surface area (Å²) in [5.41, 5.74) is 6.02. The summed E-state index contributed by atoms with van der Waals surface area (Å²) in [5, 5.41) is 3.68. The Bertz CT molecular complexity index is 1060. The summed E-state index contributed by atoms with van der Waals surface area (Å²) >= 11 is 0. The summed E-state index contributed by atoms with van der Waals surface area (Å²) in [6.07, 6.45) is 3.48. The molecule has 1 aromatic heterocycles. The summed E-state index contributed by atoms with van der Waals surface area (Å²) in [6.45, 7) is 6.77. The molecule has 3 aromatic rings. The average molecular weight is 401 g/mol. The number of aryl methyl sites for hydroxylation is 2. The van der Waals surface area contributed by atoms with Crippen LogP contribution in [-0.4, -0.2) is 29.7 Å². The predicted octanol–water partition coefficient (Wildman–Crippen LogP) is 5.16. The third-order valence-corrected chi connectivity index (χ3v) is 6.13. The Hall–Kier alpha value is -3.08. The van der Waals surface area contributed by atoms with Crippen molar-refractivity contribution in [3.63, 3.8) is 0 Å². The van der Waals surface area contributed by atoms with E-state index in [9.17, 15) is 0 Å². The van der Waals surface area contributed by atoms with Gasteiger partial charge in [-0.1, -0.05) is 24.3 Å². The first-order valence-corrected chi connectivity index (χ1v) is 10.9. The van der Waals surface area contributed by atoms with Gasteiger partial charge in [0, 0.05) is 18.2 Å². The molecule has 2 aliphatic rings. The lowest BCUT2D eigenvalue weighted by Gasteiger charge is -2.30. The van der Waals surface area contributed by atoms with Gasteiger partial charge in [0.25, 0.3) is 0 Å². The van der Waals surface area contributed by atoms with Crippen LogP contribution in [0.15, 0.2) is 48.5 Å². The molecule has 0 spiro atoms. The van der Waals surface area contributed by atoms with Gasteiger partial charge in [-0.25, -0.2) is 9.97 Å². The number of fused-ring (bicyclic) bond motifs is 2. The van der Waals surface area contributed by atoms with Crippen LogP contribution in [0.4, 0.5) is 11.5 Å². The number of likely N-dealkylation sites (N-methyl/N-ethyl adjacent to an activating group) is 1. The Kier molecular flexibility index (Phi) is 5.03. The van der Waals surface area contributed by atoms with Gasteiger partial charge in [0.2, 0.25) is 0 Å². The molecule has 1 N–H and O–H groups in total. The monoisotopic (exact) mass is 400 g/mol. The number of ether oxygens (including phenoxy) is 1. The predicted molar refractivity (Wildman–Crippen MR) is 121 cm³/mol. The first-order chi connectivity index (χ1) is 14.7. The smallest absolute Gasteiger partial charge is 0.142 e. The molecule has 0 fully saturated rings. The fourth-order valence-electron chi connectivity index (χ4n) is 4.63. The van der Waals surface area contributed by atoms with Gasteiger partial charge in [0.15, 0.2) is 0 Å². The van der Waals surface area contributed by atoms with E-state index >= 15 is 0 Å². The van der Waals surface area contributed by atoms with Crippen LogP contribution in [0.25, 0.3) is 11.3 Å². The Balaban J connectivity index is 1.47. The Morgan fingerprint density at radius 1 is 1.13 bits per heavy atom. The van der Waals surface area contributed by atoms with Crippen molar-refractivity contribution >= 4 is 11.5 Å². The maximum absolute atomic E-state index is 5.84. The van der Waals surface area contributed by atoms with Gasteiger partial charge in [-0.15, -0.1) is 0 Å². The van der Waals surface area contributed by atoms with E-state index in [2.05, 4.69) is 70.7 Å². The molecule has 1 aliphatic carbocycles. The number of benzene rings is 2. The van der Waals surface area contributed by atoms with E-state index in [0.29, 0.717) is 6.04 Å². The van der Waals surface area contributed by atoms with Crippen LogP contribution >= 0.6 is 0 Å². The van der Waals surface area contributed by atoms with Crippen LogP contribution in [0.5, 0.6) is 5.75 Å². The highest BCUT2D eigenvalue weighted by Gasteiger charge is 2.21. The van der Waals surface area contributed by atoms with Crippen LogP contribution in [-0.2, 0) is 6.42 Å². The van der Waals surface area contributed by atoms with Crippen molar-refractivity contribution in [1.82, 2.24) is 9.97 Å². The lowest BCUT2D eigenvalue weighted by Crippen LogP contribution is -2.32. The summed E-state index contributed by atoms with van der Waals surface area (Å²) in [5.74, 6) is 2.62. The van der Waals surface area contributed by atoms with Gasteiger partial charge in [0.05, 0.1) is 24.0 Å². The Morgan fingerprint density at radius 2 is 2.03 bits per heavy atom. The average Bonchev–Trinajstić information content (AvgIpc) is 2.78. The molecule has 2 aromatic carbocycles. The third kappa shape index (κ3) is 3.60. The quantitative estimate of drug-likeness (QED) is 0.655. The summed E-state index contributed by atoms with van der Waals surface area (Å²) in [6, 6.07) is 17.5. The van der Waals surface area contributed by atoms with Crippen molar-refractivity contribution in [1.29, 1.82) is 0 Å². The van der Waals surface area contributed by atoms with Crippen molar-refractivity contribution in [2.75, 3.05) is 29.9 Å². The molecule has 0 saturated heterocycles. The molecule has 5 nitrogen and oxygen atoms in total. The molecule has 0 amide bonds. The zero-order valence-corrected chi connectivity index (χ0v) is 17.7. The largest absolute Gasteiger partial charge is 0.490 e. The Labute approximate surface area is 178 Å². The van der Waals surface area contributed by atoms with E-state index in [1.807, 2.05) is 6.92 Å². The highest BCUT2D eigenvalue weighted by Crippen LogP contribution is 2.36. The number of hydrogen-bond donors (Lipinski definition) is 1. The number of aromatic nitrogens is 2. The van der Waals surface area contributed by atoms with Gasteiger partial charge in [-0.05, 0) is 62.4 Å². The lowest BCUT2D eigenvalue weighted by molar-refractivity contribution is 0.308. The summed E-state index contributed by atoms with van der Waals surface area (Å²) in [4.78, 5) is 11.8. The zero-order chi connectivity index (χ0) is 20.5. The second kappa shape index (κ2) is 7.98. The first-order valence-electron chi connectivity index (χ1n) is 10.9. The lowest BCUT2D eigenvalue weighted by atomic mass is 9.88. The molecule has 5 heteroatoms. The minimum atomic E-state index is 0.296. The van der Waals surface area contributed by atoms with Gasteiger partial charge >= 0.3 is 0 Å². The molecule has 1 unspecified atom stereocenters. The normalized spacial score (nSPS) is 17.7. The molecule has 154 valence electrons. The molecule has 0 radical (unpaired) electrons. The van der Waals surface area contributed by atoms with E-state index in [1.165, 1.54) is 17.5 Å². The SMILES string of the molecule is CCN1CCOc2ccc(-c3cc(NC4CCCc5ccccc54)nc(C)n3)cc21. The minimum Gasteiger partial charge on any atom is -0.490 e. The van der Waals surface area contributed by atoms with Gasteiger partial charge in [-0.2, -0.15) is 0 Å². The van der Waals surface area contributed by atoms with Crippen LogP contribution in [0.3, 0.4) is 0 Å². The topological polar surface area (TPSA) is 50.3 Å². The van der Waals surface area contributed by atoms with Crippen molar-refractivity contribution in [2.45, 2.75) is 39.2 Å². The van der Waals surface area contributed by atoms with Gasteiger partial charge in [-0.3, -0.25) is 0 Å². The zero-order valence-electron chi connectivity index (χ0n) is 17.7. The number of nitrogens with zero attached hydrogens (tertiary/aromatic N) is 3. The number of anilines is 2. The molecular weight excluding hydrogens is 372 g/mol. The highest BCUT2D eigenvalue weighted by molar-refractivity contribution is 5.72. The maximum atomic E-state index is 5.84. The van der Waals surface area contributed by atoms with E-state index < -0.39 is 0 Å². The first kappa shape index (κ1) is 18.9. The van der Waals surface area contributed by atoms with Crippen molar-refractivity contribution < 1.29 is 4.74 Å². The molecule has 30 heavy (non-hydrogen) atoms. The standard InChI is InChI=1S/C25H28N4O/c1-3-29-13-14-30-24-12-11-19(15-23(24)29)22-16-25(27-17(2)26-22)28-21-10-6-8-18-7-4-5-9-20(18)21/h4-5,7,9,11-12,15-16,21H,3,6,8,10,13-14H2,1-2H3,(H,26,27,28). The molecular formula is C25H28N4O. The van der Waals surface area contributed by atoms with Gasteiger partial charge < -0.3 is 15.0 Å². The van der Waals surface area contributed by atoms with Crippen molar-refractivity contribution in [2.24, 2.45) is 0 Å².